The molecule has 1 aliphatic heterocycles. The fraction of sp³-hybridized carbons (Fsp3) is 0.583. The summed E-state index contributed by atoms with van der Waals surface area (Å²) < 4.78 is 11.2. The number of pyridine rings is 2. The zero-order chi connectivity index (χ0) is 20.9. The van der Waals surface area contributed by atoms with Crippen LogP contribution in [0.25, 0.3) is 0 Å². The lowest BCUT2D eigenvalue weighted by Crippen LogP contribution is -2.42. The van der Waals surface area contributed by atoms with Crippen LogP contribution >= 0.6 is 12.4 Å². The number of nitrogens with zero attached hydrogens (tertiary/aromatic N) is 3. The largest absolute Gasteiger partial charge is 0.481 e. The number of methoxy groups -OCH3 is 1. The number of rotatable bonds is 9. The van der Waals surface area contributed by atoms with Crippen molar-refractivity contribution >= 4 is 12.4 Å². The fourth-order valence-corrected chi connectivity index (χ4v) is 4.26. The minimum Gasteiger partial charge on any atom is -0.481 e. The number of hydrogen-bond acceptors (Lipinski definition) is 5. The highest BCUT2D eigenvalue weighted by Gasteiger charge is 2.43. The van der Waals surface area contributed by atoms with Crippen molar-refractivity contribution in [2.24, 2.45) is 5.41 Å². The highest BCUT2D eigenvalue weighted by Crippen LogP contribution is 2.41. The zero-order valence-electron chi connectivity index (χ0n) is 19.0. The fourth-order valence-electron chi connectivity index (χ4n) is 4.26. The van der Waals surface area contributed by atoms with Crippen molar-refractivity contribution in [2.75, 3.05) is 33.4 Å². The summed E-state index contributed by atoms with van der Waals surface area (Å²) in [7, 11) is 1.67. The van der Waals surface area contributed by atoms with Gasteiger partial charge in [-0.25, -0.2) is 4.98 Å². The molecule has 0 spiro atoms. The van der Waals surface area contributed by atoms with Crippen LogP contribution in [0.4, 0.5) is 0 Å². The van der Waals surface area contributed by atoms with Crippen molar-refractivity contribution in [1.82, 2.24) is 14.9 Å². The second-order valence-electron chi connectivity index (χ2n) is 8.76. The van der Waals surface area contributed by atoms with E-state index >= 15 is 0 Å². The molecule has 1 atom stereocenters. The number of ether oxygens (including phenoxy) is 2. The van der Waals surface area contributed by atoms with E-state index in [0.29, 0.717) is 5.88 Å². The van der Waals surface area contributed by atoms with Gasteiger partial charge in [0, 0.05) is 48.3 Å². The molecule has 0 radical (unpaired) electrons. The number of aromatic nitrogens is 2. The van der Waals surface area contributed by atoms with E-state index in [9.17, 15) is 0 Å². The molecule has 0 bridgehead atoms. The van der Waals surface area contributed by atoms with E-state index in [4.69, 9.17) is 9.47 Å². The van der Waals surface area contributed by atoms with Gasteiger partial charge in [-0.05, 0) is 76.8 Å². The molecule has 166 valence electrons. The Balaban J connectivity index is 0.00000320. The Morgan fingerprint density at radius 1 is 1.20 bits per heavy atom. The third-order valence-electron chi connectivity index (χ3n) is 6.41. The third kappa shape index (κ3) is 5.71. The smallest absolute Gasteiger partial charge is 0.213 e. The molecular formula is C24H36ClN3O2. The van der Waals surface area contributed by atoms with Crippen molar-refractivity contribution in [1.29, 1.82) is 0 Å². The van der Waals surface area contributed by atoms with Crippen LogP contribution in [-0.4, -0.2) is 48.3 Å². The third-order valence-corrected chi connectivity index (χ3v) is 6.41. The lowest BCUT2D eigenvalue weighted by atomic mass is 9.81. The molecule has 0 unspecified atom stereocenters. The van der Waals surface area contributed by atoms with Crippen LogP contribution in [-0.2, 0) is 16.7 Å². The average Bonchev–Trinajstić information content (AvgIpc) is 3.17. The van der Waals surface area contributed by atoms with Crippen molar-refractivity contribution in [2.45, 2.75) is 52.5 Å². The van der Waals surface area contributed by atoms with Crippen LogP contribution in [0.15, 0.2) is 36.7 Å². The molecule has 1 fully saturated rings. The van der Waals surface area contributed by atoms with Crippen molar-refractivity contribution in [3.8, 4) is 5.88 Å². The van der Waals surface area contributed by atoms with Gasteiger partial charge in [0.1, 0.15) is 0 Å². The Kier molecular flexibility index (Phi) is 8.65. The standard InChI is InChI=1S/C24H35N3O2.ClH/c1-6-29-18-24(11-9-20-10-13-25-22(15-20)28-5)12-14-27(17-24)23(3,4)21-8-7-19(2)26-16-21;/h7-8,10,13,15-16H,6,9,11-12,14,17-18H2,1-5H3;1H/t24-;/m1./s1. The monoisotopic (exact) mass is 433 g/mol. The lowest BCUT2D eigenvalue weighted by Gasteiger charge is -2.38. The van der Waals surface area contributed by atoms with E-state index in [1.165, 1.54) is 11.1 Å². The SMILES string of the molecule is CCOC[C@]1(CCc2ccnc(OC)c2)CCN(C(C)(C)c2ccc(C)nc2)C1.Cl. The van der Waals surface area contributed by atoms with Gasteiger partial charge in [-0.1, -0.05) is 6.07 Å². The Hall–Kier alpha value is -1.69. The van der Waals surface area contributed by atoms with Crippen LogP contribution in [0.1, 0.15) is 50.4 Å². The van der Waals surface area contributed by atoms with Gasteiger partial charge in [0.2, 0.25) is 5.88 Å². The van der Waals surface area contributed by atoms with Gasteiger partial charge < -0.3 is 9.47 Å². The van der Waals surface area contributed by atoms with Gasteiger partial charge in [-0.15, -0.1) is 12.4 Å². The van der Waals surface area contributed by atoms with Crippen molar-refractivity contribution < 1.29 is 9.47 Å². The molecule has 0 N–H and O–H groups in total. The maximum Gasteiger partial charge on any atom is 0.213 e. The second kappa shape index (κ2) is 10.6. The first-order valence-corrected chi connectivity index (χ1v) is 10.6. The van der Waals surface area contributed by atoms with Crippen molar-refractivity contribution in [3.05, 3.63) is 53.5 Å². The van der Waals surface area contributed by atoms with E-state index in [0.717, 1.165) is 51.3 Å². The van der Waals surface area contributed by atoms with E-state index in [1.54, 1.807) is 7.11 Å². The van der Waals surface area contributed by atoms with Gasteiger partial charge in [-0.2, -0.15) is 0 Å². The van der Waals surface area contributed by atoms with Gasteiger partial charge in [-0.3, -0.25) is 9.88 Å². The highest BCUT2D eigenvalue weighted by atomic mass is 35.5. The topological polar surface area (TPSA) is 47.5 Å². The first-order chi connectivity index (χ1) is 13.9. The van der Waals surface area contributed by atoms with Crippen LogP contribution in [0.5, 0.6) is 5.88 Å². The lowest BCUT2D eigenvalue weighted by molar-refractivity contribution is 0.0384. The normalized spacial score (nSPS) is 19.5. The first-order valence-electron chi connectivity index (χ1n) is 10.6. The molecule has 1 aliphatic rings. The molecule has 0 aromatic carbocycles. The highest BCUT2D eigenvalue weighted by molar-refractivity contribution is 5.85. The molecule has 0 amide bonds. The van der Waals surface area contributed by atoms with Gasteiger partial charge in [0.15, 0.2) is 0 Å². The van der Waals surface area contributed by atoms with E-state index < -0.39 is 0 Å². The van der Waals surface area contributed by atoms with Crippen LogP contribution in [0, 0.1) is 12.3 Å². The predicted octanol–water partition coefficient (Wildman–Crippen LogP) is 4.81. The van der Waals surface area contributed by atoms with Crippen LogP contribution < -0.4 is 4.74 Å². The Morgan fingerprint density at radius 3 is 2.67 bits per heavy atom. The minimum absolute atomic E-state index is 0. The van der Waals surface area contributed by atoms with Gasteiger partial charge in [0.25, 0.3) is 0 Å². The van der Waals surface area contributed by atoms with Crippen molar-refractivity contribution in [3.63, 3.8) is 0 Å². The number of aryl methyl sites for hydroxylation is 2. The number of halogens is 1. The molecule has 3 rings (SSSR count). The van der Waals surface area contributed by atoms with E-state index in [1.807, 2.05) is 25.4 Å². The first kappa shape index (κ1) is 24.6. The summed E-state index contributed by atoms with van der Waals surface area (Å²) >= 11 is 0. The summed E-state index contributed by atoms with van der Waals surface area (Å²) in [6, 6.07) is 8.46. The van der Waals surface area contributed by atoms with Crippen LogP contribution in [0.2, 0.25) is 0 Å². The quantitative estimate of drug-likeness (QED) is 0.567. The number of likely N-dealkylation sites (tertiary alicyclic amines) is 1. The molecule has 1 saturated heterocycles. The van der Waals surface area contributed by atoms with Gasteiger partial charge in [0.05, 0.1) is 13.7 Å². The van der Waals surface area contributed by atoms with Gasteiger partial charge >= 0.3 is 0 Å². The second-order valence-corrected chi connectivity index (χ2v) is 8.76. The summed E-state index contributed by atoms with van der Waals surface area (Å²) in [6.45, 7) is 12.4. The number of hydrogen-bond donors (Lipinski definition) is 0. The molecule has 5 nitrogen and oxygen atoms in total. The minimum atomic E-state index is -0.0471. The summed E-state index contributed by atoms with van der Waals surface area (Å²) in [5.74, 6) is 0.683. The molecule has 30 heavy (non-hydrogen) atoms. The summed E-state index contributed by atoms with van der Waals surface area (Å²) in [4.78, 5) is 11.4. The maximum absolute atomic E-state index is 5.96. The maximum atomic E-state index is 5.96. The molecule has 6 heteroatoms. The Bertz CT molecular complexity index is 797. The van der Waals surface area contributed by atoms with E-state index in [2.05, 4.69) is 53.8 Å². The molecule has 2 aromatic rings. The average molecular weight is 434 g/mol. The van der Waals surface area contributed by atoms with E-state index in [-0.39, 0.29) is 23.4 Å². The molecule has 3 heterocycles. The molecule has 2 aromatic heterocycles. The molecular weight excluding hydrogens is 398 g/mol. The Labute approximate surface area is 187 Å². The predicted molar refractivity (Wildman–Crippen MR) is 123 cm³/mol. The van der Waals surface area contributed by atoms with Crippen LogP contribution in [0.3, 0.4) is 0 Å². The summed E-state index contributed by atoms with van der Waals surface area (Å²) in [6.07, 6.45) is 7.11. The zero-order valence-corrected chi connectivity index (χ0v) is 19.8. The summed E-state index contributed by atoms with van der Waals surface area (Å²) in [5, 5.41) is 0. The Morgan fingerprint density at radius 2 is 2.00 bits per heavy atom. The molecule has 0 aliphatic carbocycles. The molecule has 0 saturated carbocycles. The summed E-state index contributed by atoms with van der Waals surface area (Å²) in [5.41, 5.74) is 3.73.